The van der Waals surface area contributed by atoms with E-state index in [2.05, 4.69) is 20.3 Å². The molecule has 2 aromatic carbocycles. The van der Waals surface area contributed by atoms with Crippen LogP contribution < -0.4 is 20.3 Å². The molecule has 1 fully saturated rings. The van der Waals surface area contributed by atoms with Gasteiger partial charge in [-0.25, -0.2) is 4.79 Å². The third kappa shape index (κ3) is 5.87. The minimum absolute atomic E-state index is 0. The highest BCUT2D eigenvalue weighted by Gasteiger charge is 2.11. The Labute approximate surface area is 170 Å². The zero-order chi connectivity index (χ0) is 19.1. The monoisotopic (exact) mass is 405 g/mol. The molecule has 0 radical (unpaired) electrons. The van der Waals surface area contributed by atoms with Gasteiger partial charge in [-0.2, -0.15) is 0 Å². The van der Waals surface area contributed by atoms with Crippen molar-refractivity contribution in [1.29, 1.82) is 0 Å². The van der Waals surface area contributed by atoms with Crippen molar-refractivity contribution >= 4 is 35.7 Å². The summed E-state index contributed by atoms with van der Waals surface area (Å²) in [7, 11) is 1.30. The highest BCUT2D eigenvalue weighted by molar-refractivity contribution is 6.04. The molecule has 1 aliphatic heterocycles. The second kappa shape index (κ2) is 10.5. The molecule has 0 atom stereocenters. The van der Waals surface area contributed by atoms with Crippen LogP contribution in [-0.2, 0) is 9.53 Å². The fourth-order valence-electron chi connectivity index (χ4n) is 2.79. The molecule has 0 spiro atoms. The van der Waals surface area contributed by atoms with Gasteiger partial charge < -0.3 is 25.0 Å². The summed E-state index contributed by atoms with van der Waals surface area (Å²) in [6.07, 6.45) is 0. The lowest BCUT2D eigenvalue weighted by Crippen LogP contribution is -2.43. The number of carbonyl (C=O) groups is 2. The average Bonchev–Trinajstić information content (AvgIpc) is 2.73. The predicted octanol–water partition coefficient (Wildman–Crippen LogP) is 2.32. The van der Waals surface area contributed by atoms with Crippen LogP contribution in [0.4, 0.5) is 11.4 Å². The second-order valence-electron chi connectivity index (χ2n) is 6.13. The molecule has 0 aromatic heterocycles. The fraction of sp³-hybridized carbons (Fsp3) is 0.300. The number of methoxy groups -OCH3 is 1. The van der Waals surface area contributed by atoms with Gasteiger partial charge in [-0.15, -0.1) is 12.4 Å². The van der Waals surface area contributed by atoms with Crippen LogP contribution in [-0.4, -0.2) is 51.8 Å². The van der Waals surface area contributed by atoms with Gasteiger partial charge in [-0.05, 0) is 48.5 Å². The first-order chi connectivity index (χ1) is 13.2. The summed E-state index contributed by atoms with van der Waals surface area (Å²) in [4.78, 5) is 25.8. The summed E-state index contributed by atoms with van der Waals surface area (Å²) in [6, 6.07) is 14.4. The maximum atomic E-state index is 12.4. The lowest BCUT2D eigenvalue weighted by Gasteiger charge is -2.29. The zero-order valence-electron chi connectivity index (χ0n) is 15.6. The first-order valence-corrected chi connectivity index (χ1v) is 8.82. The van der Waals surface area contributed by atoms with Crippen molar-refractivity contribution in [2.24, 2.45) is 0 Å². The first kappa shape index (κ1) is 21.5. The third-order valence-electron chi connectivity index (χ3n) is 4.31. The fourth-order valence-corrected chi connectivity index (χ4v) is 2.79. The molecule has 28 heavy (non-hydrogen) atoms. The van der Waals surface area contributed by atoms with Gasteiger partial charge in [0.25, 0.3) is 5.91 Å². The van der Waals surface area contributed by atoms with E-state index in [0.717, 1.165) is 37.6 Å². The van der Waals surface area contributed by atoms with Gasteiger partial charge in [0, 0.05) is 43.1 Å². The number of piperazine rings is 1. The minimum atomic E-state index is -0.457. The quantitative estimate of drug-likeness (QED) is 0.718. The van der Waals surface area contributed by atoms with E-state index in [4.69, 9.17) is 4.74 Å². The number of hydrogen-bond donors (Lipinski definition) is 2. The summed E-state index contributed by atoms with van der Waals surface area (Å²) in [5.41, 5.74) is 2.40. The van der Waals surface area contributed by atoms with Crippen molar-refractivity contribution in [2.75, 3.05) is 50.1 Å². The molecule has 2 N–H and O–H groups in total. The summed E-state index contributed by atoms with van der Waals surface area (Å²) in [6.45, 7) is 3.77. The van der Waals surface area contributed by atoms with E-state index in [1.54, 1.807) is 24.3 Å². The predicted molar refractivity (Wildman–Crippen MR) is 111 cm³/mol. The van der Waals surface area contributed by atoms with E-state index in [1.807, 2.05) is 24.3 Å². The molecule has 0 unspecified atom stereocenters. The van der Waals surface area contributed by atoms with Gasteiger partial charge in [0.05, 0.1) is 7.11 Å². The van der Waals surface area contributed by atoms with Crippen molar-refractivity contribution in [3.63, 3.8) is 0 Å². The lowest BCUT2D eigenvalue weighted by molar-refractivity contribution is -0.142. The van der Waals surface area contributed by atoms with Gasteiger partial charge in [-0.1, -0.05) is 0 Å². The summed E-state index contributed by atoms with van der Waals surface area (Å²) in [5.74, 6) is -0.164. The average molecular weight is 406 g/mol. The van der Waals surface area contributed by atoms with Crippen LogP contribution >= 0.6 is 12.4 Å². The van der Waals surface area contributed by atoms with Crippen LogP contribution in [0.5, 0.6) is 5.75 Å². The molecule has 7 nitrogen and oxygen atoms in total. The molecule has 0 aliphatic carbocycles. The summed E-state index contributed by atoms with van der Waals surface area (Å²) in [5, 5.41) is 6.21. The number of hydrogen-bond acceptors (Lipinski definition) is 6. The van der Waals surface area contributed by atoms with Gasteiger partial charge in [0.15, 0.2) is 6.61 Å². The Kier molecular flexibility index (Phi) is 8.10. The third-order valence-corrected chi connectivity index (χ3v) is 4.31. The van der Waals surface area contributed by atoms with E-state index in [0.29, 0.717) is 11.3 Å². The van der Waals surface area contributed by atoms with Crippen LogP contribution in [0.15, 0.2) is 48.5 Å². The van der Waals surface area contributed by atoms with Crippen LogP contribution in [0, 0.1) is 0 Å². The van der Waals surface area contributed by atoms with Crippen LogP contribution in [0.3, 0.4) is 0 Å². The number of amides is 1. The minimum Gasteiger partial charge on any atom is -0.482 e. The first-order valence-electron chi connectivity index (χ1n) is 8.82. The second-order valence-corrected chi connectivity index (χ2v) is 6.13. The SMILES string of the molecule is COC(=O)COc1ccc(C(=O)Nc2ccc(N3CCNCC3)cc2)cc1.Cl. The number of esters is 1. The van der Waals surface area contributed by atoms with Gasteiger partial charge >= 0.3 is 5.97 Å². The van der Waals surface area contributed by atoms with Gasteiger partial charge in [0.1, 0.15) is 5.75 Å². The van der Waals surface area contributed by atoms with Crippen LogP contribution in [0.2, 0.25) is 0 Å². The molecule has 1 aliphatic rings. The Morgan fingerprint density at radius 1 is 1.04 bits per heavy atom. The maximum absolute atomic E-state index is 12.4. The van der Waals surface area contributed by atoms with Crippen molar-refractivity contribution in [1.82, 2.24) is 5.32 Å². The molecule has 150 valence electrons. The van der Waals surface area contributed by atoms with E-state index in [1.165, 1.54) is 7.11 Å². The van der Waals surface area contributed by atoms with Crippen molar-refractivity contribution in [3.05, 3.63) is 54.1 Å². The van der Waals surface area contributed by atoms with Gasteiger partial charge in [0.2, 0.25) is 0 Å². The number of ether oxygens (including phenoxy) is 2. The Hall–Kier alpha value is -2.77. The molecule has 2 aromatic rings. The van der Waals surface area contributed by atoms with Crippen molar-refractivity contribution in [2.45, 2.75) is 0 Å². The van der Waals surface area contributed by atoms with Crippen LogP contribution in [0.1, 0.15) is 10.4 Å². The summed E-state index contributed by atoms with van der Waals surface area (Å²) >= 11 is 0. The van der Waals surface area contributed by atoms with E-state index >= 15 is 0 Å². The lowest BCUT2D eigenvalue weighted by atomic mass is 10.2. The van der Waals surface area contributed by atoms with E-state index in [-0.39, 0.29) is 24.9 Å². The standard InChI is InChI=1S/C20H23N3O4.ClH/c1-26-19(24)14-27-18-8-2-15(3-9-18)20(25)22-16-4-6-17(7-5-16)23-12-10-21-11-13-23;/h2-9,21H,10-14H2,1H3,(H,22,25);1H. The van der Waals surface area contributed by atoms with Crippen molar-refractivity contribution in [3.8, 4) is 5.75 Å². The van der Waals surface area contributed by atoms with E-state index < -0.39 is 5.97 Å². The smallest absolute Gasteiger partial charge is 0.343 e. The number of nitrogens with zero attached hydrogens (tertiary/aromatic N) is 1. The normalized spacial score (nSPS) is 13.2. The molecule has 1 amide bonds. The Bertz CT molecular complexity index is 775. The zero-order valence-corrected chi connectivity index (χ0v) is 16.5. The van der Waals surface area contributed by atoms with E-state index in [9.17, 15) is 9.59 Å². The number of nitrogens with one attached hydrogen (secondary N) is 2. The highest BCUT2D eigenvalue weighted by Crippen LogP contribution is 2.19. The molecule has 0 bridgehead atoms. The largest absolute Gasteiger partial charge is 0.482 e. The number of rotatable bonds is 6. The van der Waals surface area contributed by atoms with Gasteiger partial charge in [-0.3, -0.25) is 4.79 Å². The Morgan fingerprint density at radius 2 is 1.68 bits per heavy atom. The summed E-state index contributed by atoms with van der Waals surface area (Å²) < 4.78 is 9.78. The Balaban J connectivity index is 0.00000280. The number of benzene rings is 2. The molecule has 3 rings (SSSR count). The molecular formula is C20H24ClN3O4. The van der Waals surface area contributed by atoms with Crippen LogP contribution in [0.25, 0.3) is 0 Å². The number of halogens is 1. The molecular weight excluding hydrogens is 382 g/mol. The number of carbonyl (C=O) groups excluding carboxylic acids is 2. The Morgan fingerprint density at radius 3 is 2.29 bits per heavy atom. The highest BCUT2D eigenvalue weighted by atomic mass is 35.5. The maximum Gasteiger partial charge on any atom is 0.343 e. The van der Waals surface area contributed by atoms with Crippen molar-refractivity contribution < 1.29 is 19.1 Å². The topological polar surface area (TPSA) is 79.9 Å². The molecule has 0 saturated carbocycles. The molecule has 1 saturated heterocycles. The molecule has 1 heterocycles. The molecule has 8 heteroatoms. The number of anilines is 2.